The molecule has 3 atom stereocenters. The molecular formula is C11H23N3O. The third-order valence-corrected chi connectivity index (χ3v) is 3.40. The Morgan fingerprint density at radius 2 is 2.20 bits per heavy atom. The van der Waals surface area contributed by atoms with Gasteiger partial charge in [0.15, 0.2) is 0 Å². The van der Waals surface area contributed by atoms with Gasteiger partial charge in [0.2, 0.25) is 0 Å². The van der Waals surface area contributed by atoms with Crippen molar-refractivity contribution in [3.8, 4) is 0 Å². The molecule has 0 saturated carbocycles. The normalized spacial score (nSPS) is 29.9. The van der Waals surface area contributed by atoms with Crippen molar-refractivity contribution in [2.75, 3.05) is 6.54 Å². The molecule has 1 fully saturated rings. The number of nitrogens with two attached hydrogens (primary N) is 1. The first-order chi connectivity index (χ1) is 7.10. The molecule has 0 aromatic carbocycles. The molecule has 1 rings (SSSR count). The zero-order chi connectivity index (χ0) is 11.4. The van der Waals surface area contributed by atoms with Crippen molar-refractivity contribution in [1.29, 1.82) is 0 Å². The van der Waals surface area contributed by atoms with Crippen molar-refractivity contribution in [3.05, 3.63) is 0 Å². The number of amides is 1. The first-order valence-electron chi connectivity index (χ1n) is 5.86. The van der Waals surface area contributed by atoms with Crippen LogP contribution >= 0.6 is 0 Å². The zero-order valence-corrected chi connectivity index (χ0v) is 9.99. The van der Waals surface area contributed by atoms with E-state index in [4.69, 9.17) is 5.84 Å². The maximum Gasteiger partial charge on any atom is 0.251 e. The predicted octanol–water partition coefficient (Wildman–Crippen LogP) is 0.875. The second kappa shape index (κ2) is 5.47. The average Bonchev–Trinajstić information content (AvgIpc) is 2.23. The van der Waals surface area contributed by atoms with Gasteiger partial charge in [0.25, 0.3) is 5.91 Å². The SMILES string of the molecule is CCC(C(=O)NN)N1CC(C)CCC1C. The van der Waals surface area contributed by atoms with Crippen molar-refractivity contribution in [2.45, 2.75) is 52.1 Å². The van der Waals surface area contributed by atoms with Crippen LogP contribution in [0.2, 0.25) is 0 Å². The van der Waals surface area contributed by atoms with Crippen LogP contribution < -0.4 is 11.3 Å². The molecular weight excluding hydrogens is 190 g/mol. The van der Waals surface area contributed by atoms with Gasteiger partial charge < -0.3 is 0 Å². The minimum Gasteiger partial charge on any atom is -0.293 e. The molecule has 0 aliphatic carbocycles. The Morgan fingerprint density at radius 1 is 1.53 bits per heavy atom. The van der Waals surface area contributed by atoms with Gasteiger partial charge in [-0.25, -0.2) is 5.84 Å². The number of likely N-dealkylation sites (tertiary alicyclic amines) is 1. The fourth-order valence-corrected chi connectivity index (χ4v) is 2.42. The van der Waals surface area contributed by atoms with Crippen LogP contribution in [0.1, 0.15) is 40.0 Å². The van der Waals surface area contributed by atoms with Gasteiger partial charge in [0, 0.05) is 12.6 Å². The van der Waals surface area contributed by atoms with E-state index in [0.29, 0.717) is 12.0 Å². The van der Waals surface area contributed by atoms with Crippen LogP contribution in [0.4, 0.5) is 0 Å². The van der Waals surface area contributed by atoms with E-state index in [1.807, 2.05) is 6.92 Å². The molecule has 4 nitrogen and oxygen atoms in total. The number of carbonyl (C=O) groups is 1. The molecule has 4 heteroatoms. The summed E-state index contributed by atoms with van der Waals surface area (Å²) < 4.78 is 0. The number of nitrogens with one attached hydrogen (secondary N) is 1. The molecule has 15 heavy (non-hydrogen) atoms. The summed E-state index contributed by atoms with van der Waals surface area (Å²) in [7, 11) is 0. The van der Waals surface area contributed by atoms with Gasteiger partial charge in [-0.05, 0) is 32.1 Å². The highest BCUT2D eigenvalue weighted by Gasteiger charge is 2.31. The van der Waals surface area contributed by atoms with Crippen molar-refractivity contribution in [2.24, 2.45) is 11.8 Å². The smallest absolute Gasteiger partial charge is 0.251 e. The lowest BCUT2D eigenvalue weighted by atomic mass is 9.93. The summed E-state index contributed by atoms with van der Waals surface area (Å²) in [6, 6.07) is 0.427. The summed E-state index contributed by atoms with van der Waals surface area (Å²) in [6.07, 6.45) is 3.26. The van der Waals surface area contributed by atoms with E-state index in [2.05, 4.69) is 24.2 Å². The van der Waals surface area contributed by atoms with E-state index in [0.717, 1.165) is 13.0 Å². The second-order valence-corrected chi connectivity index (χ2v) is 4.66. The van der Waals surface area contributed by atoms with Gasteiger partial charge in [-0.1, -0.05) is 13.8 Å². The number of carbonyl (C=O) groups excluding carboxylic acids is 1. The highest BCUT2D eigenvalue weighted by atomic mass is 16.2. The molecule has 3 unspecified atom stereocenters. The number of hydrazine groups is 1. The quantitative estimate of drug-likeness (QED) is 0.415. The predicted molar refractivity (Wildman–Crippen MR) is 61.0 cm³/mol. The van der Waals surface area contributed by atoms with Gasteiger partial charge in [-0.2, -0.15) is 0 Å². The summed E-state index contributed by atoms with van der Waals surface area (Å²) in [5, 5.41) is 0. The molecule has 0 aromatic heterocycles. The molecule has 0 bridgehead atoms. The molecule has 3 N–H and O–H groups in total. The fourth-order valence-electron chi connectivity index (χ4n) is 2.42. The number of nitrogens with zero attached hydrogens (tertiary/aromatic N) is 1. The molecule has 1 heterocycles. The van der Waals surface area contributed by atoms with Crippen molar-refractivity contribution >= 4 is 5.91 Å². The van der Waals surface area contributed by atoms with Crippen LogP contribution in [0, 0.1) is 5.92 Å². The maximum absolute atomic E-state index is 11.6. The summed E-state index contributed by atoms with van der Waals surface area (Å²) in [5.41, 5.74) is 2.27. The largest absolute Gasteiger partial charge is 0.293 e. The third-order valence-electron chi connectivity index (χ3n) is 3.40. The highest BCUT2D eigenvalue weighted by Crippen LogP contribution is 2.24. The standard InChI is InChI=1S/C11H23N3O/c1-4-10(11(15)13-12)14-7-8(2)5-6-9(14)3/h8-10H,4-7,12H2,1-3H3,(H,13,15). The van der Waals surface area contributed by atoms with Gasteiger partial charge in [-0.15, -0.1) is 0 Å². The summed E-state index contributed by atoms with van der Waals surface area (Å²) in [6.45, 7) is 7.48. The number of piperidine rings is 1. The lowest BCUT2D eigenvalue weighted by Crippen LogP contribution is -2.54. The number of hydrogen-bond donors (Lipinski definition) is 2. The molecule has 88 valence electrons. The van der Waals surface area contributed by atoms with Crippen molar-refractivity contribution < 1.29 is 4.79 Å². The number of rotatable bonds is 3. The Labute approximate surface area is 92.2 Å². The maximum atomic E-state index is 11.6. The molecule has 1 aliphatic heterocycles. The van der Waals surface area contributed by atoms with Gasteiger partial charge in [0.05, 0.1) is 6.04 Å². The van der Waals surface area contributed by atoms with Crippen LogP contribution in [-0.4, -0.2) is 29.4 Å². The molecule has 0 spiro atoms. The Balaban J connectivity index is 2.68. The average molecular weight is 213 g/mol. The summed E-state index contributed by atoms with van der Waals surface area (Å²) >= 11 is 0. The topological polar surface area (TPSA) is 58.4 Å². The summed E-state index contributed by atoms with van der Waals surface area (Å²) in [4.78, 5) is 13.9. The van der Waals surface area contributed by atoms with Crippen molar-refractivity contribution in [1.82, 2.24) is 10.3 Å². The molecule has 1 saturated heterocycles. The number of hydrogen-bond acceptors (Lipinski definition) is 3. The van der Waals surface area contributed by atoms with Gasteiger partial charge >= 0.3 is 0 Å². The first kappa shape index (κ1) is 12.5. The Kier molecular flexibility index (Phi) is 4.54. The third kappa shape index (κ3) is 2.92. The minimum atomic E-state index is -0.0623. The Hall–Kier alpha value is -0.610. The Bertz CT molecular complexity index is 220. The van der Waals surface area contributed by atoms with E-state index in [9.17, 15) is 4.79 Å². The van der Waals surface area contributed by atoms with Gasteiger partial charge in [-0.3, -0.25) is 15.1 Å². The van der Waals surface area contributed by atoms with E-state index >= 15 is 0 Å². The fraction of sp³-hybridized carbons (Fsp3) is 0.909. The zero-order valence-electron chi connectivity index (χ0n) is 9.99. The van der Waals surface area contributed by atoms with E-state index in [1.165, 1.54) is 12.8 Å². The molecule has 0 radical (unpaired) electrons. The second-order valence-electron chi connectivity index (χ2n) is 4.66. The Morgan fingerprint density at radius 3 is 2.73 bits per heavy atom. The monoisotopic (exact) mass is 213 g/mol. The van der Waals surface area contributed by atoms with Crippen LogP contribution in [-0.2, 0) is 4.79 Å². The van der Waals surface area contributed by atoms with Crippen LogP contribution in [0.15, 0.2) is 0 Å². The molecule has 1 aliphatic rings. The minimum absolute atomic E-state index is 0.0570. The van der Waals surface area contributed by atoms with Crippen LogP contribution in [0.25, 0.3) is 0 Å². The van der Waals surface area contributed by atoms with E-state index in [-0.39, 0.29) is 11.9 Å². The van der Waals surface area contributed by atoms with E-state index in [1.54, 1.807) is 0 Å². The molecule has 0 aromatic rings. The van der Waals surface area contributed by atoms with Crippen LogP contribution in [0.3, 0.4) is 0 Å². The van der Waals surface area contributed by atoms with E-state index < -0.39 is 0 Å². The lowest BCUT2D eigenvalue weighted by molar-refractivity contribution is -0.128. The van der Waals surface area contributed by atoms with Crippen LogP contribution in [0.5, 0.6) is 0 Å². The summed E-state index contributed by atoms with van der Waals surface area (Å²) in [5.74, 6) is 5.83. The van der Waals surface area contributed by atoms with Gasteiger partial charge in [0.1, 0.15) is 0 Å². The molecule has 1 amide bonds. The first-order valence-corrected chi connectivity index (χ1v) is 5.86. The highest BCUT2D eigenvalue weighted by molar-refractivity contribution is 5.81. The lowest BCUT2D eigenvalue weighted by Gasteiger charge is -2.40. The van der Waals surface area contributed by atoms with Crippen molar-refractivity contribution in [3.63, 3.8) is 0 Å².